The van der Waals surface area contributed by atoms with Crippen molar-refractivity contribution in [3.8, 4) is 17.2 Å². The predicted molar refractivity (Wildman–Crippen MR) is 185 cm³/mol. The van der Waals surface area contributed by atoms with Crippen molar-refractivity contribution in [3.05, 3.63) is 78.1 Å². The molecule has 7 nitrogen and oxygen atoms in total. The summed E-state index contributed by atoms with van der Waals surface area (Å²) in [6, 6.07) is 10.3. The highest BCUT2D eigenvalue weighted by molar-refractivity contribution is 5.87. The first-order valence-corrected chi connectivity index (χ1v) is 17.3. The second kappa shape index (κ2) is 17.3. The van der Waals surface area contributed by atoms with Crippen molar-refractivity contribution in [1.82, 2.24) is 19.4 Å². The topological polar surface area (TPSA) is 52.0 Å². The Labute approximate surface area is 274 Å². The van der Waals surface area contributed by atoms with Crippen LogP contribution in [0.25, 0.3) is 16.6 Å². The Balaban J connectivity index is 1.44. The fourth-order valence-electron chi connectivity index (χ4n) is 6.11. The first-order valence-electron chi connectivity index (χ1n) is 17.3. The van der Waals surface area contributed by atoms with E-state index in [-0.39, 0.29) is 5.82 Å². The number of imidazole rings is 1. The van der Waals surface area contributed by atoms with Crippen LogP contribution in [-0.4, -0.2) is 71.8 Å². The van der Waals surface area contributed by atoms with E-state index in [0.29, 0.717) is 31.1 Å². The lowest BCUT2D eigenvalue weighted by Gasteiger charge is -2.26. The van der Waals surface area contributed by atoms with Crippen molar-refractivity contribution in [2.45, 2.75) is 72.3 Å². The molecule has 46 heavy (non-hydrogen) atoms. The Morgan fingerprint density at radius 1 is 0.870 bits per heavy atom. The first-order chi connectivity index (χ1) is 22.6. The number of aryl methyl sites for hydroxylation is 1. The van der Waals surface area contributed by atoms with Crippen LogP contribution in [0.3, 0.4) is 0 Å². The van der Waals surface area contributed by atoms with E-state index in [9.17, 15) is 4.39 Å². The molecule has 8 heteroatoms. The zero-order valence-electron chi connectivity index (χ0n) is 28.0. The summed E-state index contributed by atoms with van der Waals surface area (Å²) >= 11 is 0. The second-order valence-corrected chi connectivity index (χ2v) is 12.1. The molecule has 0 bridgehead atoms. The van der Waals surface area contributed by atoms with Crippen molar-refractivity contribution in [1.29, 1.82) is 0 Å². The summed E-state index contributed by atoms with van der Waals surface area (Å²) in [4.78, 5) is 10.2. The number of piperidine rings is 1. The first kappa shape index (κ1) is 33.7. The number of unbranched alkanes of at least 4 members (excludes halogenated alkanes) is 1. The third-order valence-corrected chi connectivity index (χ3v) is 8.83. The molecule has 0 unspecified atom stereocenters. The van der Waals surface area contributed by atoms with E-state index >= 15 is 0 Å². The minimum atomic E-state index is -0.283. The lowest BCUT2D eigenvalue weighted by molar-refractivity contribution is 0.183. The van der Waals surface area contributed by atoms with Gasteiger partial charge < -0.3 is 23.7 Å². The largest absolute Gasteiger partial charge is 0.493 e. The highest BCUT2D eigenvalue weighted by Crippen LogP contribution is 2.35. The van der Waals surface area contributed by atoms with Gasteiger partial charge in [-0.05, 0) is 100 Å². The molecule has 2 aromatic carbocycles. The Morgan fingerprint density at radius 3 is 2.43 bits per heavy atom. The van der Waals surface area contributed by atoms with E-state index < -0.39 is 0 Å². The lowest BCUT2D eigenvalue weighted by Crippen LogP contribution is -2.33. The van der Waals surface area contributed by atoms with Crippen LogP contribution < -0.4 is 14.2 Å². The summed E-state index contributed by atoms with van der Waals surface area (Å²) in [5.41, 5.74) is 3.02. The number of aromatic nitrogens is 2. The van der Waals surface area contributed by atoms with Crippen LogP contribution in [0.15, 0.2) is 66.5 Å². The summed E-state index contributed by atoms with van der Waals surface area (Å²) in [5, 5.41) is 0. The number of benzene rings is 2. The van der Waals surface area contributed by atoms with Crippen LogP contribution in [0, 0.1) is 5.82 Å². The molecule has 0 saturated carbocycles. The maximum atomic E-state index is 13.4. The number of likely N-dealkylation sites (tertiary alicyclic amines) is 1. The number of rotatable bonds is 17. The van der Waals surface area contributed by atoms with Crippen LogP contribution in [0.1, 0.15) is 71.5 Å². The van der Waals surface area contributed by atoms with E-state index in [0.717, 1.165) is 99.0 Å². The summed E-state index contributed by atoms with van der Waals surface area (Å²) in [5.74, 6) is 3.56. The second-order valence-electron chi connectivity index (χ2n) is 12.1. The molecule has 1 aliphatic carbocycles. The molecule has 0 atom stereocenters. The van der Waals surface area contributed by atoms with E-state index in [1.54, 1.807) is 12.1 Å². The van der Waals surface area contributed by atoms with Gasteiger partial charge in [-0.2, -0.15) is 0 Å². The Hall–Kier alpha value is -3.62. The van der Waals surface area contributed by atoms with Gasteiger partial charge in [-0.25, -0.2) is 9.37 Å². The molecule has 0 amide bonds. The molecular weight excluding hydrogens is 579 g/mol. The van der Waals surface area contributed by atoms with Crippen LogP contribution in [0.2, 0.25) is 0 Å². The average Bonchev–Trinajstić information content (AvgIpc) is 3.28. The number of fused-ring (bicyclic) bond motifs is 1. The highest BCUT2D eigenvalue weighted by Gasteiger charge is 2.20. The summed E-state index contributed by atoms with van der Waals surface area (Å²) in [6.07, 6.45) is 15.8. The molecule has 2 heterocycles. The maximum absolute atomic E-state index is 13.4. The van der Waals surface area contributed by atoms with Gasteiger partial charge in [0.1, 0.15) is 41.0 Å². The molecular formula is C38H51FN4O3. The fraction of sp³-hybridized carbons (Fsp3) is 0.500. The van der Waals surface area contributed by atoms with E-state index in [2.05, 4.69) is 53.4 Å². The maximum Gasteiger partial charge on any atom is 0.150 e. The smallest absolute Gasteiger partial charge is 0.150 e. The average molecular weight is 631 g/mol. The standard InChI is InChI=1S/C38H51FN4O3/c1-4-7-24-43-35-28-34(44-26-12-23-41(5-2)6-3)29-36(45-27-25-42-21-9-8-10-22-42)37(35)40-38(43)30-13-11-14-32(18-15-30)46-33-19-16-31(39)17-20-33/h11,14-20,28-29H,4-10,12-13,21-27H2,1-3H3. The normalized spacial score (nSPS) is 15.6. The van der Waals surface area contributed by atoms with Gasteiger partial charge in [0.25, 0.3) is 0 Å². The quantitative estimate of drug-likeness (QED) is 0.140. The summed E-state index contributed by atoms with van der Waals surface area (Å²) in [6.45, 7) is 15.1. The SMILES string of the molecule is CCCCn1c(C2=CC=C(Oc3ccc(F)cc3)C=CC2)nc2c(OCCN3CCCCC3)cc(OCCCN(CC)CC)cc21. The van der Waals surface area contributed by atoms with Crippen LogP contribution in [-0.2, 0) is 6.54 Å². The Bertz CT molecular complexity index is 1480. The number of nitrogens with zero attached hydrogens (tertiary/aromatic N) is 4. The van der Waals surface area contributed by atoms with Gasteiger partial charge in [0.15, 0.2) is 5.75 Å². The minimum Gasteiger partial charge on any atom is -0.493 e. The van der Waals surface area contributed by atoms with Crippen molar-refractivity contribution >= 4 is 16.6 Å². The number of allylic oxidation sites excluding steroid dienone is 5. The number of halogens is 1. The third-order valence-electron chi connectivity index (χ3n) is 8.83. The Morgan fingerprint density at radius 2 is 1.67 bits per heavy atom. The van der Waals surface area contributed by atoms with Crippen LogP contribution in [0.4, 0.5) is 4.39 Å². The van der Waals surface area contributed by atoms with Gasteiger partial charge in [0, 0.05) is 31.8 Å². The van der Waals surface area contributed by atoms with Crippen molar-refractivity contribution in [2.24, 2.45) is 0 Å². The lowest BCUT2D eigenvalue weighted by atomic mass is 10.1. The number of ether oxygens (including phenoxy) is 3. The van der Waals surface area contributed by atoms with E-state index in [1.165, 1.54) is 31.4 Å². The molecule has 1 aliphatic heterocycles. The monoisotopic (exact) mass is 630 g/mol. The molecule has 2 aliphatic rings. The molecule has 3 aromatic rings. The van der Waals surface area contributed by atoms with Gasteiger partial charge in [0.05, 0.1) is 12.1 Å². The minimum absolute atomic E-state index is 0.283. The molecule has 1 saturated heterocycles. The van der Waals surface area contributed by atoms with Crippen molar-refractivity contribution < 1.29 is 18.6 Å². The van der Waals surface area contributed by atoms with Gasteiger partial charge >= 0.3 is 0 Å². The molecule has 248 valence electrons. The fourth-order valence-corrected chi connectivity index (χ4v) is 6.11. The molecule has 0 radical (unpaired) electrons. The third kappa shape index (κ3) is 9.23. The Kier molecular flexibility index (Phi) is 12.7. The number of hydrogen-bond acceptors (Lipinski definition) is 6. The number of hydrogen-bond donors (Lipinski definition) is 0. The molecule has 1 fully saturated rings. The molecule has 5 rings (SSSR count). The predicted octanol–water partition coefficient (Wildman–Crippen LogP) is 8.26. The molecule has 0 N–H and O–H groups in total. The van der Waals surface area contributed by atoms with E-state index in [1.807, 2.05) is 18.2 Å². The zero-order valence-corrected chi connectivity index (χ0v) is 28.0. The zero-order chi connectivity index (χ0) is 32.1. The van der Waals surface area contributed by atoms with E-state index in [4.69, 9.17) is 19.2 Å². The van der Waals surface area contributed by atoms with Gasteiger partial charge in [-0.1, -0.05) is 45.8 Å². The van der Waals surface area contributed by atoms with Gasteiger partial charge in [-0.15, -0.1) is 0 Å². The van der Waals surface area contributed by atoms with Gasteiger partial charge in [-0.3, -0.25) is 4.90 Å². The van der Waals surface area contributed by atoms with Gasteiger partial charge in [0.2, 0.25) is 0 Å². The van der Waals surface area contributed by atoms with Crippen molar-refractivity contribution in [2.75, 3.05) is 52.5 Å². The summed E-state index contributed by atoms with van der Waals surface area (Å²) < 4.78 is 34.6. The van der Waals surface area contributed by atoms with Crippen LogP contribution >= 0.6 is 0 Å². The summed E-state index contributed by atoms with van der Waals surface area (Å²) in [7, 11) is 0. The van der Waals surface area contributed by atoms with Crippen molar-refractivity contribution in [3.63, 3.8) is 0 Å². The molecule has 1 aromatic heterocycles. The highest BCUT2D eigenvalue weighted by atomic mass is 19.1. The molecule has 0 spiro atoms. The van der Waals surface area contributed by atoms with Crippen LogP contribution in [0.5, 0.6) is 17.2 Å².